The quantitative estimate of drug-likeness (QED) is 0.719. The molecule has 0 atom stereocenters. The van der Waals surface area contributed by atoms with Crippen LogP contribution in [0.2, 0.25) is 0 Å². The third-order valence-corrected chi connectivity index (χ3v) is 4.27. The number of rotatable bonds is 4. The highest BCUT2D eigenvalue weighted by Crippen LogP contribution is 2.28. The standard InChI is InChI=1S/C17H16N6OS/c1-10-4-5-11(2)13(6-10)24-15-7-14(20-9-21-15)23-16(19)12(8-18)17(22-23)25-3/h4-7,9H,19H2,1-3H3. The van der Waals surface area contributed by atoms with E-state index in [2.05, 4.69) is 21.1 Å². The second kappa shape index (κ2) is 6.83. The minimum absolute atomic E-state index is 0.239. The Morgan fingerprint density at radius 3 is 2.72 bits per heavy atom. The Morgan fingerprint density at radius 2 is 2.04 bits per heavy atom. The van der Waals surface area contributed by atoms with Gasteiger partial charge in [0.05, 0.1) is 0 Å². The van der Waals surface area contributed by atoms with Crippen LogP contribution in [0.4, 0.5) is 5.82 Å². The molecule has 0 spiro atoms. The number of nitrogen functional groups attached to an aromatic ring is 1. The Balaban J connectivity index is 1.99. The molecule has 2 N–H and O–H groups in total. The smallest absolute Gasteiger partial charge is 0.224 e. The van der Waals surface area contributed by atoms with Gasteiger partial charge in [-0.2, -0.15) is 15.0 Å². The third kappa shape index (κ3) is 3.27. The zero-order valence-electron chi connectivity index (χ0n) is 14.0. The molecule has 126 valence electrons. The van der Waals surface area contributed by atoms with Crippen LogP contribution in [0, 0.1) is 25.2 Å². The molecule has 3 rings (SSSR count). The summed E-state index contributed by atoms with van der Waals surface area (Å²) in [4.78, 5) is 8.33. The summed E-state index contributed by atoms with van der Waals surface area (Å²) in [5.74, 6) is 1.77. The molecular formula is C17H16N6OS. The van der Waals surface area contributed by atoms with E-state index >= 15 is 0 Å². The molecule has 0 fully saturated rings. The lowest BCUT2D eigenvalue weighted by molar-refractivity contribution is 0.457. The van der Waals surface area contributed by atoms with Gasteiger partial charge in [0, 0.05) is 6.07 Å². The van der Waals surface area contributed by atoms with Gasteiger partial charge < -0.3 is 10.5 Å². The molecule has 0 amide bonds. The Morgan fingerprint density at radius 1 is 1.24 bits per heavy atom. The minimum atomic E-state index is 0.239. The highest BCUT2D eigenvalue weighted by Gasteiger charge is 2.17. The van der Waals surface area contributed by atoms with Gasteiger partial charge in [0.1, 0.15) is 34.6 Å². The fraction of sp³-hybridized carbons (Fsp3) is 0.176. The molecule has 0 radical (unpaired) electrons. The topological polar surface area (TPSA) is 103 Å². The summed E-state index contributed by atoms with van der Waals surface area (Å²) in [6.07, 6.45) is 3.21. The van der Waals surface area contributed by atoms with Crippen LogP contribution in [0.15, 0.2) is 35.6 Å². The highest BCUT2D eigenvalue weighted by molar-refractivity contribution is 7.98. The number of hydrogen-bond donors (Lipinski definition) is 1. The number of nitrogens with zero attached hydrogens (tertiary/aromatic N) is 5. The lowest BCUT2D eigenvalue weighted by Crippen LogP contribution is -2.05. The van der Waals surface area contributed by atoms with Crippen molar-refractivity contribution in [2.75, 3.05) is 12.0 Å². The van der Waals surface area contributed by atoms with Gasteiger partial charge in [-0.1, -0.05) is 12.1 Å². The maximum atomic E-state index is 9.24. The second-order valence-electron chi connectivity index (χ2n) is 5.38. The molecule has 0 saturated heterocycles. The lowest BCUT2D eigenvalue weighted by atomic mass is 10.1. The lowest BCUT2D eigenvalue weighted by Gasteiger charge is -2.09. The molecule has 0 aliphatic rings. The molecule has 2 aromatic heterocycles. The van der Waals surface area contributed by atoms with E-state index in [4.69, 9.17) is 10.5 Å². The zero-order valence-corrected chi connectivity index (χ0v) is 14.8. The predicted molar refractivity (Wildman–Crippen MR) is 96.1 cm³/mol. The van der Waals surface area contributed by atoms with Gasteiger partial charge in [-0.05, 0) is 37.3 Å². The average Bonchev–Trinajstić information content (AvgIpc) is 2.94. The number of anilines is 1. The summed E-state index contributed by atoms with van der Waals surface area (Å²) < 4.78 is 7.30. The first-order valence-electron chi connectivity index (χ1n) is 7.43. The molecule has 0 aliphatic carbocycles. The molecule has 0 aliphatic heterocycles. The van der Waals surface area contributed by atoms with E-state index in [0.717, 1.165) is 16.9 Å². The van der Waals surface area contributed by atoms with E-state index in [1.807, 2.05) is 38.3 Å². The van der Waals surface area contributed by atoms with E-state index in [9.17, 15) is 5.26 Å². The summed E-state index contributed by atoms with van der Waals surface area (Å²) in [6.45, 7) is 3.96. The van der Waals surface area contributed by atoms with E-state index < -0.39 is 0 Å². The number of nitrogens with two attached hydrogens (primary N) is 1. The summed E-state index contributed by atoms with van der Waals surface area (Å²) in [6, 6.07) is 9.66. The predicted octanol–water partition coefficient (Wildman–Crippen LogP) is 3.25. The molecular weight excluding hydrogens is 336 g/mol. The van der Waals surface area contributed by atoms with E-state index in [1.54, 1.807) is 6.07 Å². The van der Waals surface area contributed by atoms with Gasteiger partial charge in [-0.3, -0.25) is 0 Å². The minimum Gasteiger partial charge on any atom is -0.439 e. The number of benzene rings is 1. The molecule has 25 heavy (non-hydrogen) atoms. The Bertz CT molecular complexity index is 976. The van der Waals surface area contributed by atoms with Gasteiger partial charge >= 0.3 is 0 Å². The van der Waals surface area contributed by atoms with Gasteiger partial charge in [0.15, 0.2) is 5.82 Å². The number of aromatic nitrogens is 4. The molecule has 1 aromatic carbocycles. The van der Waals surface area contributed by atoms with Crippen molar-refractivity contribution in [3.05, 3.63) is 47.3 Å². The first-order valence-corrected chi connectivity index (χ1v) is 8.66. The van der Waals surface area contributed by atoms with Crippen molar-refractivity contribution in [3.8, 4) is 23.5 Å². The maximum absolute atomic E-state index is 9.24. The SMILES string of the molecule is CSc1nn(-c2cc(Oc3cc(C)ccc3C)ncn2)c(N)c1C#N. The number of aryl methyl sites for hydroxylation is 2. The van der Waals surface area contributed by atoms with Crippen LogP contribution in [-0.2, 0) is 0 Å². The Kier molecular flexibility index (Phi) is 4.59. The normalized spacial score (nSPS) is 10.5. The van der Waals surface area contributed by atoms with Gasteiger partial charge in [0.2, 0.25) is 5.88 Å². The molecule has 2 heterocycles. The third-order valence-electron chi connectivity index (χ3n) is 3.60. The van der Waals surface area contributed by atoms with Crippen LogP contribution in [-0.4, -0.2) is 26.0 Å². The van der Waals surface area contributed by atoms with Crippen LogP contribution < -0.4 is 10.5 Å². The average molecular weight is 352 g/mol. The number of nitriles is 1. The fourth-order valence-electron chi connectivity index (χ4n) is 2.26. The van der Waals surface area contributed by atoms with Crippen LogP contribution in [0.1, 0.15) is 16.7 Å². The Labute approximate surface area is 149 Å². The molecule has 3 aromatic rings. The van der Waals surface area contributed by atoms with Crippen molar-refractivity contribution in [2.45, 2.75) is 18.9 Å². The van der Waals surface area contributed by atoms with Gasteiger partial charge in [0.25, 0.3) is 0 Å². The zero-order chi connectivity index (χ0) is 18.0. The number of thioether (sulfide) groups is 1. The monoisotopic (exact) mass is 352 g/mol. The first-order chi connectivity index (χ1) is 12.0. The molecule has 7 nitrogen and oxygen atoms in total. The largest absolute Gasteiger partial charge is 0.439 e. The highest BCUT2D eigenvalue weighted by atomic mass is 32.2. The van der Waals surface area contributed by atoms with Crippen molar-refractivity contribution in [3.63, 3.8) is 0 Å². The van der Waals surface area contributed by atoms with Crippen LogP contribution in [0.3, 0.4) is 0 Å². The molecule has 0 unspecified atom stereocenters. The maximum Gasteiger partial charge on any atom is 0.224 e. The second-order valence-corrected chi connectivity index (χ2v) is 6.17. The first kappa shape index (κ1) is 16.8. The molecule has 0 saturated carbocycles. The van der Waals surface area contributed by atoms with E-state index in [1.165, 1.54) is 22.8 Å². The van der Waals surface area contributed by atoms with Crippen molar-refractivity contribution < 1.29 is 4.74 Å². The summed E-state index contributed by atoms with van der Waals surface area (Å²) in [5, 5.41) is 14.1. The van der Waals surface area contributed by atoms with E-state index in [-0.39, 0.29) is 5.82 Å². The van der Waals surface area contributed by atoms with Crippen LogP contribution in [0.5, 0.6) is 11.6 Å². The van der Waals surface area contributed by atoms with Crippen molar-refractivity contribution >= 4 is 17.6 Å². The summed E-state index contributed by atoms with van der Waals surface area (Å²) >= 11 is 1.35. The van der Waals surface area contributed by atoms with Crippen molar-refractivity contribution in [1.82, 2.24) is 19.7 Å². The Hall–Kier alpha value is -3.05. The fourth-order valence-corrected chi connectivity index (χ4v) is 2.78. The number of hydrogen-bond acceptors (Lipinski definition) is 7. The van der Waals surface area contributed by atoms with Crippen molar-refractivity contribution in [1.29, 1.82) is 5.26 Å². The summed E-state index contributed by atoms with van der Waals surface area (Å²) in [5.41, 5.74) is 8.46. The van der Waals surface area contributed by atoms with Gasteiger partial charge in [-0.15, -0.1) is 11.8 Å². The molecule has 8 heteroatoms. The number of ether oxygens (including phenoxy) is 1. The molecule has 0 bridgehead atoms. The summed E-state index contributed by atoms with van der Waals surface area (Å²) in [7, 11) is 0. The van der Waals surface area contributed by atoms with Crippen LogP contribution >= 0.6 is 11.8 Å². The van der Waals surface area contributed by atoms with E-state index in [0.29, 0.717) is 22.3 Å². The van der Waals surface area contributed by atoms with Gasteiger partial charge in [-0.25, -0.2) is 9.97 Å². The van der Waals surface area contributed by atoms with Crippen LogP contribution in [0.25, 0.3) is 5.82 Å². The van der Waals surface area contributed by atoms with Crippen molar-refractivity contribution in [2.24, 2.45) is 0 Å².